The van der Waals surface area contributed by atoms with E-state index < -0.39 is 11.8 Å². The van der Waals surface area contributed by atoms with E-state index in [0.717, 1.165) is 42.0 Å². The van der Waals surface area contributed by atoms with Gasteiger partial charge in [0.25, 0.3) is 11.8 Å². The molecule has 0 aromatic heterocycles. The predicted octanol–water partition coefficient (Wildman–Crippen LogP) is 1.78. The van der Waals surface area contributed by atoms with E-state index in [4.69, 9.17) is 18.0 Å². The summed E-state index contributed by atoms with van der Waals surface area (Å²) >= 11 is 4.79. The topological polar surface area (TPSA) is 78.7 Å². The molecule has 4 rings (SSSR count). The zero-order chi connectivity index (χ0) is 16.8. The third kappa shape index (κ3) is 2.20. The van der Waals surface area contributed by atoms with Crippen molar-refractivity contribution in [2.45, 2.75) is 12.8 Å². The van der Waals surface area contributed by atoms with Gasteiger partial charge in [-0.15, -0.1) is 0 Å². The molecule has 2 amide bonds. The molecule has 2 aliphatic heterocycles. The van der Waals surface area contributed by atoms with Crippen LogP contribution < -0.4 is 16.1 Å². The Labute approximate surface area is 144 Å². The number of carbonyl (C=O) groups is 2. The van der Waals surface area contributed by atoms with E-state index in [0.29, 0.717) is 16.5 Å². The summed E-state index contributed by atoms with van der Waals surface area (Å²) in [5.41, 5.74) is 9.91. The Bertz CT molecular complexity index is 890. The van der Waals surface area contributed by atoms with Gasteiger partial charge in [0.15, 0.2) is 5.11 Å². The van der Waals surface area contributed by atoms with E-state index >= 15 is 0 Å². The normalized spacial score (nSPS) is 16.8. The van der Waals surface area contributed by atoms with E-state index in [-0.39, 0.29) is 5.11 Å². The van der Waals surface area contributed by atoms with E-state index in [1.54, 1.807) is 6.07 Å². The molecule has 7 heteroatoms. The second-order valence-corrected chi connectivity index (χ2v) is 6.45. The predicted molar refractivity (Wildman–Crippen MR) is 95.8 cm³/mol. The van der Waals surface area contributed by atoms with Crippen molar-refractivity contribution < 1.29 is 9.59 Å². The molecule has 0 radical (unpaired) electrons. The Balaban J connectivity index is 1.92. The number of nitrogens with zero attached hydrogens (tertiary/aromatic N) is 2. The van der Waals surface area contributed by atoms with Crippen LogP contribution >= 0.6 is 12.2 Å². The van der Waals surface area contributed by atoms with Crippen LogP contribution in [0.1, 0.15) is 33.6 Å². The number of hydrazine groups is 1. The van der Waals surface area contributed by atoms with Gasteiger partial charge in [-0.05, 0) is 48.6 Å². The molecule has 0 saturated carbocycles. The monoisotopic (exact) mass is 340 g/mol. The largest absolute Gasteiger partial charge is 0.375 e. The summed E-state index contributed by atoms with van der Waals surface area (Å²) in [4.78, 5) is 27.7. The highest BCUT2D eigenvalue weighted by Gasteiger charge is 2.34. The van der Waals surface area contributed by atoms with Crippen LogP contribution in [0.4, 0.5) is 5.69 Å². The molecule has 2 aromatic rings. The first-order valence-electron chi connectivity index (χ1n) is 7.83. The fourth-order valence-electron chi connectivity index (χ4n) is 3.46. The molecule has 0 aliphatic carbocycles. The van der Waals surface area contributed by atoms with E-state index in [1.807, 2.05) is 24.3 Å². The number of thiocarbonyl (C=S) groups is 1. The highest BCUT2D eigenvalue weighted by atomic mass is 32.1. The van der Waals surface area contributed by atoms with Crippen molar-refractivity contribution in [1.29, 1.82) is 0 Å². The lowest BCUT2D eigenvalue weighted by Gasteiger charge is -2.28. The quantitative estimate of drug-likeness (QED) is 0.641. The first-order chi connectivity index (χ1) is 11.6. The molecule has 0 unspecified atom stereocenters. The maximum absolute atomic E-state index is 12.8. The minimum atomic E-state index is -0.445. The van der Waals surface area contributed by atoms with E-state index in [9.17, 15) is 9.59 Å². The number of carbonyl (C=O) groups excluding carboxylic acids is 2. The molecule has 2 aliphatic rings. The second-order valence-electron chi connectivity index (χ2n) is 6.01. The summed E-state index contributed by atoms with van der Waals surface area (Å²) < 4.78 is 0. The van der Waals surface area contributed by atoms with Gasteiger partial charge in [0.1, 0.15) is 0 Å². The molecule has 1 fully saturated rings. The summed E-state index contributed by atoms with van der Waals surface area (Å²) in [6, 6.07) is 9.37. The van der Waals surface area contributed by atoms with Gasteiger partial charge < -0.3 is 10.6 Å². The minimum absolute atomic E-state index is 0.122. The number of amides is 2. The number of nitrogens with two attached hydrogens (primary N) is 1. The van der Waals surface area contributed by atoms with Gasteiger partial charge in [-0.1, -0.05) is 12.1 Å². The lowest BCUT2D eigenvalue weighted by atomic mass is 9.94. The number of imide groups is 1. The molecule has 1 saturated heterocycles. The van der Waals surface area contributed by atoms with Gasteiger partial charge in [-0.25, -0.2) is 0 Å². The first-order valence-corrected chi connectivity index (χ1v) is 8.23. The van der Waals surface area contributed by atoms with Gasteiger partial charge >= 0.3 is 0 Å². The molecule has 0 atom stereocenters. The Morgan fingerprint density at radius 1 is 1.08 bits per heavy atom. The summed E-state index contributed by atoms with van der Waals surface area (Å²) in [5, 5.41) is 2.36. The Kier molecular flexibility index (Phi) is 3.38. The zero-order valence-electron chi connectivity index (χ0n) is 12.9. The van der Waals surface area contributed by atoms with E-state index in [2.05, 4.69) is 10.3 Å². The van der Waals surface area contributed by atoms with Crippen molar-refractivity contribution >= 4 is 45.6 Å². The van der Waals surface area contributed by atoms with Crippen LogP contribution in [-0.4, -0.2) is 35.0 Å². The highest BCUT2D eigenvalue weighted by molar-refractivity contribution is 7.80. The SMILES string of the molecule is NC(=S)NN1C(=O)c2cccc3cc(N4CCCC4)cc(c23)C1=O. The summed E-state index contributed by atoms with van der Waals surface area (Å²) in [7, 11) is 0. The second kappa shape index (κ2) is 5.45. The fourth-order valence-corrected chi connectivity index (χ4v) is 3.55. The Morgan fingerprint density at radius 2 is 1.79 bits per heavy atom. The van der Waals surface area contributed by atoms with Crippen LogP contribution in [0.3, 0.4) is 0 Å². The standard InChI is InChI=1S/C17H16N4O2S/c18-17(24)19-21-15(22)12-5-3-4-10-8-11(20-6-1-2-7-20)9-13(14(10)12)16(21)23/h3-5,8-9H,1-2,6-7H2,(H3,18,19,24). The minimum Gasteiger partial charge on any atom is -0.375 e. The van der Waals surface area contributed by atoms with Gasteiger partial charge in [0.2, 0.25) is 0 Å². The van der Waals surface area contributed by atoms with Crippen molar-refractivity contribution in [1.82, 2.24) is 10.4 Å². The third-order valence-corrected chi connectivity index (χ3v) is 4.61. The van der Waals surface area contributed by atoms with Crippen LogP contribution in [0.2, 0.25) is 0 Å². The molecule has 2 heterocycles. The third-order valence-electron chi connectivity index (χ3n) is 4.52. The smallest absolute Gasteiger partial charge is 0.280 e. The van der Waals surface area contributed by atoms with Crippen LogP contribution in [0, 0.1) is 0 Å². The summed E-state index contributed by atoms with van der Waals surface area (Å²) in [6.45, 7) is 1.96. The molecule has 2 aromatic carbocycles. The van der Waals surface area contributed by atoms with Crippen LogP contribution in [0.5, 0.6) is 0 Å². The van der Waals surface area contributed by atoms with Gasteiger partial charge in [0.05, 0.1) is 11.1 Å². The van der Waals surface area contributed by atoms with Crippen molar-refractivity contribution in [3.05, 3.63) is 41.5 Å². The molecule has 24 heavy (non-hydrogen) atoms. The van der Waals surface area contributed by atoms with Crippen molar-refractivity contribution in [3.8, 4) is 0 Å². The van der Waals surface area contributed by atoms with Gasteiger partial charge in [-0.3, -0.25) is 15.0 Å². The Hall–Kier alpha value is -2.67. The maximum atomic E-state index is 12.8. The molecule has 3 N–H and O–H groups in total. The molecule has 0 spiro atoms. The maximum Gasteiger partial charge on any atom is 0.280 e. The molecular formula is C17H16N4O2S. The average Bonchev–Trinajstić information content (AvgIpc) is 3.10. The fraction of sp³-hybridized carbons (Fsp3) is 0.235. The lowest BCUT2D eigenvalue weighted by Crippen LogP contribution is -2.53. The van der Waals surface area contributed by atoms with Gasteiger partial charge in [0, 0.05) is 24.2 Å². The number of hydrogen-bond acceptors (Lipinski definition) is 4. The van der Waals surface area contributed by atoms with Crippen LogP contribution in [-0.2, 0) is 0 Å². The lowest BCUT2D eigenvalue weighted by molar-refractivity contribution is 0.0567. The Morgan fingerprint density at radius 3 is 2.50 bits per heavy atom. The number of rotatable bonds is 2. The van der Waals surface area contributed by atoms with E-state index in [1.165, 1.54) is 0 Å². The summed E-state index contributed by atoms with van der Waals surface area (Å²) in [6.07, 6.45) is 2.30. The van der Waals surface area contributed by atoms with Crippen molar-refractivity contribution in [3.63, 3.8) is 0 Å². The van der Waals surface area contributed by atoms with Crippen molar-refractivity contribution in [2.75, 3.05) is 18.0 Å². The molecular weight excluding hydrogens is 324 g/mol. The highest BCUT2D eigenvalue weighted by Crippen LogP contribution is 2.34. The molecule has 6 nitrogen and oxygen atoms in total. The first kappa shape index (κ1) is 14.9. The van der Waals surface area contributed by atoms with Gasteiger partial charge in [-0.2, -0.15) is 5.01 Å². The zero-order valence-corrected chi connectivity index (χ0v) is 13.7. The van der Waals surface area contributed by atoms with Crippen LogP contribution in [0.25, 0.3) is 10.8 Å². The summed E-state index contributed by atoms with van der Waals surface area (Å²) in [5.74, 6) is -0.877. The average molecular weight is 340 g/mol. The number of nitrogens with one attached hydrogen (secondary N) is 1. The molecule has 0 bridgehead atoms. The number of hydrogen-bond donors (Lipinski definition) is 2. The number of anilines is 1. The van der Waals surface area contributed by atoms with Crippen molar-refractivity contribution in [2.24, 2.45) is 5.73 Å². The number of benzene rings is 2. The molecule has 122 valence electrons. The van der Waals surface area contributed by atoms with Crippen LogP contribution in [0.15, 0.2) is 30.3 Å².